The molecule has 4 heteroatoms. The predicted molar refractivity (Wildman–Crippen MR) is 95.6 cm³/mol. The maximum absolute atomic E-state index is 12.3. The highest BCUT2D eigenvalue weighted by Crippen LogP contribution is 2.19. The van der Waals surface area contributed by atoms with E-state index in [1.165, 1.54) is 11.3 Å². The Morgan fingerprint density at radius 3 is 2.17 bits per heavy atom. The van der Waals surface area contributed by atoms with Gasteiger partial charge in [-0.2, -0.15) is 0 Å². The van der Waals surface area contributed by atoms with E-state index in [2.05, 4.69) is 21.9 Å². The third-order valence-corrected chi connectivity index (χ3v) is 4.56. The van der Waals surface area contributed by atoms with Crippen LogP contribution in [0.25, 0.3) is 0 Å². The Bertz CT molecular complexity index is 659. The van der Waals surface area contributed by atoms with Crippen LogP contribution in [-0.4, -0.2) is 43.4 Å². The molecule has 1 saturated heterocycles. The number of carbonyl (C=O) groups excluding carboxylic acids is 1. The first kappa shape index (κ1) is 16.0. The zero-order chi connectivity index (χ0) is 16.2. The molecule has 0 unspecified atom stereocenters. The number of hydrogen-bond acceptors (Lipinski definition) is 3. The van der Waals surface area contributed by atoms with E-state index >= 15 is 0 Å². The van der Waals surface area contributed by atoms with E-state index in [-0.39, 0.29) is 5.78 Å². The maximum atomic E-state index is 12.3. The van der Waals surface area contributed by atoms with Crippen LogP contribution in [-0.2, 0) is 0 Å². The molecule has 2 aromatic carbocycles. The van der Waals surface area contributed by atoms with Crippen LogP contribution in [0.15, 0.2) is 48.5 Å². The van der Waals surface area contributed by atoms with Gasteiger partial charge in [-0.1, -0.05) is 41.4 Å². The summed E-state index contributed by atoms with van der Waals surface area (Å²) in [4.78, 5) is 16.9. The van der Waals surface area contributed by atoms with Gasteiger partial charge in [-0.15, -0.1) is 0 Å². The van der Waals surface area contributed by atoms with E-state index in [1.807, 2.05) is 43.3 Å². The monoisotopic (exact) mass is 328 g/mol. The van der Waals surface area contributed by atoms with E-state index in [9.17, 15) is 4.79 Å². The number of nitrogens with zero attached hydrogens (tertiary/aromatic N) is 2. The largest absolute Gasteiger partial charge is 0.369 e. The second kappa shape index (κ2) is 7.16. The standard InChI is InChI=1S/C19H21ClN2O/c1-15-2-4-16(5-3-15)19(23)14-21-10-12-22(13-11-21)18-8-6-17(20)7-9-18/h2-9H,10-14H2,1H3. The molecule has 23 heavy (non-hydrogen) atoms. The van der Waals surface area contributed by atoms with Gasteiger partial charge in [0, 0.05) is 42.5 Å². The van der Waals surface area contributed by atoms with Crippen molar-refractivity contribution in [2.24, 2.45) is 0 Å². The summed E-state index contributed by atoms with van der Waals surface area (Å²) in [5, 5.41) is 0.760. The lowest BCUT2D eigenvalue weighted by molar-refractivity contribution is 0.0926. The average molecular weight is 329 g/mol. The second-order valence-corrected chi connectivity index (χ2v) is 6.47. The fourth-order valence-electron chi connectivity index (χ4n) is 2.85. The smallest absolute Gasteiger partial charge is 0.176 e. The number of carbonyl (C=O) groups is 1. The minimum atomic E-state index is 0.199. The van der Waals surface area contributed by atoms with E-state index < -0.39 is 0 Å². The molecule has 0 atom stereocenters. The van der Waals surface area contributed by atoms with Crippen molar-refractivity contribution in [1.29, 1.82) is 0 Å². The average Bonchev–Trinajstić information content (AvgIpc) is 2.57. The van der Waals surface area contributed by atoms with Gasteiger partial charge in [-0.25, -0.2) is 0 Å². The topological polar surface area (TPSA) is 23.6 Å². The number of Topliss-reactive ketones (excluding diaryl/α,β-unsaturated/α-hetero) is 1. The van der Waals surface area contributed by atoms with E-state index in [0.717, 1.165) is 36.8 Å². The molecule has 2 aromatic rings. The molecule has 0 saturated carbocycles. The zero-order valence-corrected chi connectivity index (χ0v) is 14.1. The fourth-order valence-corrected chi connectivity index (χ4v) is 2.98. The van der Waals surface area contributed by atoms with Crippen LogP contribution in [0.3, 0.4) is 0 Å². The molecule has 0 radical (unpaired) electrons. The quantitative estimate of drug-likeness (QED) is 0.800. The Hall–Kier alpha value is -1.84. The molecule has 1 heterocycles. The summed E-state index contributed by atoms with van der Waals surface area (Å²) in [6.45, 7) is 6.20. The summed E-state index contributed by atoms with van der Waals surface area (Å²) in [6.07, 6.45) is 0. The molecule has 1 aliphatic heterocycles. The first-order valence-corrected chi connectivity index (χ1v) is 8.32. The van der Waals surface area contributed by atoms with Crippen LogP contribution in [0.2, 0.25) is 5.02 Å². The lowest BCUT2D eigenvalue weighted by Gasteiger charge is -2.35. The summed E-state index contributed by atoms with van der Waals surface area (Å²) in [5.41, 5.74) is 3.17. The summed E-state index contributed by atoms with van der Waals surface area (Å²) in [6, 6.07) is 15.8. The summed E-state index contributed by atoms with van der Waals surface area (Å²) in [7, 11) is 0. The van der Waals surface area contributed by atoms with Crippen molar-refractivity contribution in [1.82, 2.24) is 4.90 Å². The fraction of sp³-hybridized carbons (Fsp3) is 0.316. The summed E-state index contributed by atoms with van der Waals surface area (Å²) in [5.74, 6) is 0.199. The Kier molecular flexibility index (Phi) is 4.99. The second-order valence-electron chi connectivity index (χ2n) is 6.03. The molecule has 1 aliphatic rings. The first-order chi connectivity index (χ1) is 11.1. The molecule has 1 fully saturated rings. The van der Waals surface area contributed by atoms with Gasteiger partial charge in [0.05, 0.1) is 6.54 Å². The minimum absolute atomic E-state index is 0.199. The Morgan fingerprint density at radius 2 is 1.57 bits per heavy atom. The molecular formula is C19H21ClN2O. The summed E-state index contributed by atoms with van der Waals surface area (Å²) < 4.78 is 0. The third kappa shape index (κ3) is 4.12. The molecule has 0 aromatic heterocycles. The van der Waals surface area contributed by atoms with Crippen molar-refractivity contribution in [2.75, 3.05) is 37.6 Å². The first-order valence-electron chi connectivity index (χ1n) is 7.94. The van der Waals surface area contributed by atoms with E-state index in [4.69, 9.17) is 11.6 Å². The van der Waals surface area contributed by atoms with Crippen molar-refractivity contribution >= 4 is 23.1 Å². The highest BCUT2D eigenvalue weighted by molar-refractivity contribution is 6.30. The van der Waals surface area contributed by atoms with Gasteiger partial charge >= 0.3 is 0 Å². The Labute approximate surface area is 142 Å². The van der Waals surface area contributed by atoms with Crippen LogP contribution in [0, 0.1) is 6.92 Å². The lowest BCUT2D eigenvalue weighted by atomic mass is 10.1. The molecule has 3 nitrogen and oxygen atoms in total. The van der Waals surface area contributed by atoms with Gasteiger partial charge in [0.2, 0.25) is 0 Å². The van der Waals surface area contributed by atoms with Crippen molar-refractivity contribution in [3.05, 3.63) is 64.7 Å². The Morgan fingerprint density at radius 1 is 0.957 bits per heavy atom. The van der Waals surface area contributed by atoms with Gasteiger partial charge in [-0.05, 0) is 31.2 Å². The number of benzene rings is 2. The number of ketones is 1. The van der Waals surface area contributed by atoms with Gasteiger partial charge < -0.3 is 4.90 Å². The van der Waals surface area contributed by atoms with Crippen LogP contribution >= 0.6 is 11.6 Å². The number of aryl methyl sites for hydroxylation is 1. The normalized spacial score (nSPS) is 15.7. The van der Waals surface area contributed by atoms with Crippen molar-refractivity contribution in [3.8, 4) is 0 Å². The molecule has 0 amide bonds. The minimum Gasteiger partial charge on any atom is -0.369 e. The van der Waals surface area contributed by atoms with Gasteiger partial charge in [0.15, 0.2) is 5.78 Å². The SMILES string of the molecule is Cc1ccc(C(=O)CN2CCN(c3ccc(Cl)cc3)CC2)cc1. The molecule has 120 valence electrons. The van der Waals surface area contributed by atoms with Crippen LogP contribution in [0.4, 0.5) is 5.69 Å². The summed E-state index contributed by atoms with van der Waals surface area (Å²) >= 11 is 5.93. The molecule has 0 bridgehead atoms. The molecule has 0 N–H and O–H groups in total. The van der Waals surface area contributed by atoms with Crippen molar-refractivity contribution < 1.29 is 4.79 Å². The highest BCUT2D eigenvalue weighted by Gasteiger charge is 2.19. The molecule has 0 aliphatic carbocycles. The van der Waals surface area contributed by atoms with Gasteiger partial charge in [-0.3, -0.25) is 9.69 Å². The van der Waals surface area contributed by atoms with E-state index in [1.54, 1.807) is 0 Å². The van der Waals surface area contributed by atoms with E-state index in [0.29, 0.717) is 6.54 Å². The van der Waals surface area contributed by atoms with Crippen LogP contribution < -0.4 is 4.90 Å². The number of hydrogen-bond donors (Lipinski definition) is 0. The van der Waals surface area contributed by atoms with Crippen molar-refractivity contribution in [2.45, 2.75) is 6.92 Å². The predicted octanol–water partition coefficient (Wildman–Crippen LogP) is 3.65. The lowest BCUT2D eigenvalue weighted by Crippen LogP contribution is -2.48. The third-order valence-electron chi connectivity index (χ3n) is 4.30. The zero-order valence-electron chi connectivity index (χ0n) is 13.3. The molecular weight excluding hydrogens is 308 g/mol. The Balaban J connectivity index is 1.53. The number of halogens is 1. The number of piperazine rings is 1. The molecule has 3 rings (SSSR count). The van der Waals surface area contributed by atoms with Crippen LogP contribution in [0.5, 0.6) is 0 Å². The number of anilines is 1. The van der Waals surface area contributed by atoms with Gasteiger partial charge in [0.1, 0.15) is 0 Å². The highest BCUT2D eigenvalue weighted by atomic mass is 35.5. The molecule has 0 spiro atoms. The van der Waals surface area contributed by atoms with Crippen molar-refractivity contribution in [3.63, 3.8) is 0 Å². The number of rotatable bonds is 4. The van der Waals surface area contributed by atoms with Gasteiger partial charge in [0.25, 0.3) is 0 Å². The van der Waals surface area contributed by atoms with Crippen LogP contribution in [0.1, 0.15) is 15.9 Å². The maximum Gasteiger partial charge on any atom is 0.176 e.